The van der Waals surface area contributed by atoms with E-state index in [-0.39, 0.29) is 12.4 Å². The van der Waals surface area contributed by atoms with Crippen LogP contribution in [0.4, 0.5) is 4.39 Å². The number of ketones is 1. The van der Waals surface area contributed by atoms with Gasteiger partial charge in [-0.3, -0.25) is 4.79 Å². The van der Waals surface area contributed by atoms with Crippen LogP contribution < -0.4 is 4.74 Å². The molecule has 0 saturated carbocycles. The highest BCUT2D eigenvalue weighted by Crippen LogP contribution is 2.17. The van der Waals surface area contributed by atoms with Crippen LogP contribution in [-0.4, -0.2) is 29.3 Å². The number of rotatable bonds is 5. The normalized spacial score (nSPS) is 13.2. The van der Waals surface area contributed by atoms with E-state index in [0.29, 0.717) is 11.3 Å². The molecule has 1 unspecified atom stereocenters. The summed E-state index contributed by atoms with van der Waals surface area (Å²) in [4.78, 5) is 11.5. The summed E-state index contributed by atoms with van der Waals surface area (Å²) in [5.41, 5.74) is -1.07. The molecule has 0 aliphatic carbocycles. The van der Waals surface area contributed by atoms with E-state index in [1.807, 2.05) is 0 Å². The Morgan fingerprint density at radius 3 is 2.71 bits per heavy atom. The van der Waals surface area contributed by atoms with E-state index in [2.05, 4.69) is 0 Å². The largest absolute Gasteiger partial charge is 0.490 e. The van der Waals surface area contributed by atoms with Crippen molar-refractivity contribution >= 4 is 5.78 Å². The lowest BCUT2D eigenvalue weighted by Gasteiger charge is -2.15. The number of hydrogen-bond donors (Lipinski definition) is 1. The van der Waals surface area contributed by atoms with Crippen LogP contribution in [0, 0.1) is 0 Å². The molecule has 0 fully saturated rings. The fraction of sp³-hybridized carbons (Fsp3) is 0.462. The summed E-state index contributed by atoms with van der Waals surface area (Å²) in [6.07, 6.45) is -1.05. The Morgan fingerprint density at radius 2 is 2.18 bits per heavy atom. The predicted octanol–water partition coefficient (Wildman–Crippen LogP) is 2.38. The molecule has 4 heteroatoms. The van der Waals surface area contributed by atoms with E-state index in [1.165, 1.54) is 26.8 Å². The number of benzene rings is 1. The smallest absolute Gasteiger partial charge is 0.191 e. The number of alkyl halides is 1. The van der Waals surface area contributed by atoms with Crippen LogP contribution in [0.25, 0.3) is 0 Å². The molecule has 1 aromatic carbocycles. The standard InChI is InChI=1S/C13H17FO3/c1-9(15)12(16)10-5-4-6-11(7-10)17-8-13(2,3)14/h4-7,9,15H,8H2,1-3H3. The van der Waals surface area contributed by atoms with Gasteiger partial charge in [-0.15, -0.1) is 0 Å². The summed E-state index contributed by atoms with van der Waals surface area (Å²) in [7, 11) is 0. The molecule has 0 saturated heterocycles. The minimum atomic E-state index is -1.43. The molecule has 1 N–H and O–H groups in total. The van der Waals surface area contributed by atoms with Crippen LogP contribution in [0.2, 0.25) is 0 Å². The summed E-state index contributed by atoms with van der Waals surface area (Å²) in [5.74, 6) is 0.0391. The average Bonchev–Trinajstić information content (AvgIpc) is 2.24. The van der Waals surface area contributed by atoms with Crippen LogP contribution in [-0.2, 0) is 0 Å². The highest BCUT2D eigenvalue weighted by atomic mass is 19.1. The highest BCUT2D eigenvalue weighted by Gasteiger charge is 2.17. The first-order chi connectivity index (χ1) is 7.79. The molecule has 0 radical (unpaired) electrons. The van der Waals surface area contributed by atoms with Crippen molar-refractivity contribution in [2.45, 2.75) is 32.5 Å². The second kappa shape index (κ2) is 5.27. The van der Waals surface area contributed by atoms with E-state index in [4.69, 9.17) is 4.74 Å². The quantitative estimate of drug-likeness (QED) is 0.804. The number of hydrogen-bond acceptors (Lipinski definition) is 3. The summed E-state index contributed by atoms with van der Waals surface area (Å²) >= 11 is 0. The van der Waals surface area contributed by atoms with E-state index in [0.717, 1.165) is 0 Å². The van der Waals surface area contributed by atoms with Crippen molar-refractivity contribution in [1.29, 1.82) is 0 Å². The zero-order chi connectivity index (χ0) is 13.1. The van der Waals surface area contributed by atoms with Gasteiger partial charge >= 0.3 is 0 Å². The third-order valence-corrected chi connectivity index (χ3v) is 2.08. The molecule has 1 atom stereocenters. The van der Waals surface area contributed by atoms with Gasteiger partial charge in [0.1, 0.15) is 24.1 Å². The lowest BCUT2D eigenvalue weighted by molar-refractivity contribution is 0.0778. The monoisotopic (exact) mass is 240 g/mol. The van der Waals surface area contributed by atoms with Crippen molar-refractivity contribution in [2.75, 3.05) is 6.61 Å². The van der Waals surface area contributed by atoms with Crippen LogP contribution >= 0.6 is 0 Å². The number of carbonyl (C=O) groups is 1. The molecule has 1 rings (SSSR count). The minimum Gasteiger partial charge on any atom is -0.490 e. The first-order valence-electron chi connectivity index (χ1n) is 5.44. The Balaban J connectivity index is 2.76. The van der Waals surface area contributed by atoms with Crippen LogP contribution in [0.3, 0.4) is 0 Å². The summed E-state index contributed by atoms with van der Waals surface area (Å²) in [5, 5.41) is 9.17. The molecule has 0 aromatic heterocycles. The van der Waals surface area contributed by atoms with Gasteiger partial charge in [0.2, 0.25) is 0 Å². The molecule has 0 heterocycles. The van der Waals surface area contributed by atoms with Gasteiger partial charge in [0.05, 0.1) is 0 Å². The Kier molecular flexibility index (Phi) is 4.23. The zero-order valence-electron chi connectivity index (χ0n) is 10.2. The third-order valence-electron chi connectivity index (χ3n) is 2.08. The maximum absolute atomic E-state index is 13.2. The van der Waals surface area contributed by atoms with Gasteiger partial charge in [0, 0.05) is 5.56 Å². The van der Waals surface area contributed by atoms with Crippen molar-refractivity contribution in [3.63, 3.8) is 0 Å². The molecule has 0 aliphatic rings. The SMILES string of the molecule is CC(O)C(=O)c1cccc(OCC(C)(C)F)c1. The van der Waals surface area contributed by atoms with Crippen molar-refractivity contribution < 1.29 is 19.0 Å². The second-order valence-corrected chi connectivity index (χ2v) is 4.58. The lowest BCUT2D eigenvalue weighted by Crippen LogP contribution is -2.22. The van der Waals surface area contributed by atoms with E-state index >= 15 is 0 Å². The van der Waals surface area contributed by atoms with Gasteiger partial charge in [-0.1, -0.05) is 12.1 Å². The van der Waals surface area contributed by atoms with Crippen molar-refractivity contribution in [3.8, 4) is 5.75 Å². The van der Waals surface area contributed by atoms with Gasteiger partial charge in [-0.25, -0.2) is 4.39 Å². The average molecular weight is 240 g/mol. The van der Waals surface area contributed by atoms with Gasteiger partial charge in [0.15, 0.2) is 5.78 Å². The molecule has 0 spiro atoms. The van der Waals surface area contributed by atoms with Gasteiger partial charge < -0.3 is 9.84 Å². The number of aliphatic hydroxyl groups excluding tert-OH is 1. The zero-order valence-corrected chi connectivity index (χ0v) is 10.2. The number of aliphatic hydroxyl groups is 1. The van der Waals surface area contributed by atoms with Crippen LogP contribution in [0.1, 0.15) is 31.1 Å². The molecule has 17 heavy (non-hydrogen) atoms. The molecule has 0 bridgehead atoms. The summed E-state index contributed by atoms with van der Waals surface area (Å²) < 4.78 is 18.5. The number of ether oxygens (including phenoxy) is 1. The van der Waals surface area contributed by atoms with Crippen molar-refractivity contribution in [2.24, 2.45) is 0 Å². The van der Waals surface area contributed by atoms with Crippen LogP contribution in [0.15, 0.2) is 24.3 Å². The molecular weight excluding hydrogens is 223 g/mol. The second-order valence-electron chi connectivity index (χ2n) is 4.58. The Labute approximate surface area is 100 Å². The molecule has 0 amide bonds. The minimum absolute atomic E-state index is 0.0840. The predicted molar refractivity (Wildman–Crippen MR) is 63.1 cm³/mol. The fourth-order valence-corrected chi connectivity index (χ4v) is 1.24. The summed E-state index contributed by atoms with van der Waals surface area (Å²) in [6.45, 7) is 4.15. The van der Waals surface area contributed by atoms with Crippen molar-refractivity contribution in [3.05, 3.63) is 29.8 Å². The van der Waals surface area contributed by atoms with Gasteiger partial charge in [0.25, 0.3) is 0 Å². The number of halogens is 1. The van der Waals surface area contributed by atoms with E-state index in [1.54, 1.807) is 18.2 Å². The number of carbonyl (C=O) groups excluding carboxylic acids is 1. The third kappa shape index (κ3) is 4.53. The Bertz CT molecular complexity index is 394. The topological polar surface area (TPSA) is 46.5 Å². The first kappa shape index (κ1) is 13.6. The van der Waals surface area contributed by atoms with Crippen LogP contribution in [0.5, 0.6) is 5.75 Å². The maximum Gasteiger partial charge on any atom is 0.191 e. The maximum atomic E-state index is 13.2. The molecule has 3 nitrogen and oxygen atoms in total. The van der Waals surface area contributed by atoms with Gasteiger partial charge in [-0.2, -0.15) is 0 Å². The number of Topliss-reactive ketones (excluding diaryl/α,β-unsaturated/α-hetero) is 1. The Morgan fingerprint density at radius 1 is 1.53 bits per heavy atom. The van der Waals surface area contributed by atoms with E-state index < -0.39 is 11.8 Å². The first-order valence-corrected chi connectivity index (χ1v) is 5.44. The molecule has 94 valence electrons. The lowest BCUT2D eigenvalue weighted by atomic mass is 10.1. The van der Waals surface area contributed by atoms with E-state index in [9.17, 15) is 14.3 Å². The Hall–Kier alpha value is -1.42. The van der Waals surface area contributed by atoms with Crippen molar-refractivity contribution in [1.82, 2.24) is 0 Å². The molecule has 0 aliphatic heterocycles. The van der Waals surface area contributed by atoms with Gasteiger partial charge in [-0.05, 0) is 32.9 Å². The summed E-state index contributed by atoms with van der Waals surface area (Å²) in [6, 6.07) is 6.37. The fourth-order valence-electron chi connectivity index (χ4n) is 1.24. The molecular formula is C13H17FO3. The molecule has 1 aromatic rings. The highest BCUT2D eigenvalue weighted by molar-refractivity contribution is 5.99.